The second-order valence-electron chi connectivity index (χ2n) is 2.47. The van der Waals surface area contributed by atoms with Gasteiger partial charge in [-0.3, -0.25) is 0 Å². The van der Waals surface area contributed by atoms with Gasteiger partial charge in [-0.15, -0.1) is 5.73 Å². The third-order valence-corrected chi connectivity index (χ3v) is 1.45. The molecule has 0 spiro atoms. The second kappa shape index (κ2) is 5.57. The molecule has 70 valence electrons. The molecule has 0 aromatic heterocycles. The number of esters is 1. The summed E-state index contributed by atoms with van der Waals surface area (Å²) in [5.41, 5.74) is 3.70. The lowest BCUT2D eigenvalue weighted by Gasteiger charge is -1.88. The van der Waals surface area contributed by atoms with Crippen LogP contribution in [0.4, 0.5) is 0 Å². The Morgan fingerprint density at radius 2 is 2.07 bits per heavy atom. The molecule has 2 heteroatoms. The molecule has 0 saturated heterocycles. The van der Waals surface area contributed by atoms with Gasteiger partial charge in [0.25, 0.3) is 0 Å². The van der Waals surface area contributed by atoms with Crippen LogP contribution in [-0.4, -0.2) is 5.97 Å². The van der Waals surface area contributed by atoms with Crippen molar-refractivity contribution in [1.29, 1.82) is 0 Å². The van der Waals surface area contributed by atoms with Gasteiger partial charge >= 0.3 is 5.97 Å². The van der Waals surface area contributed by atoms with E-state index < -0.39 is 5.97 Å². The van der Waals surface area contributed by atoms with E-state index in [2.05, 4.69) is 17.0 Å². The minimum atomic E-state index is -0.479. The zero-order chi connectivity index (χ0) is 10.2. The van der Waals surface area contributed by atoms with Crippen LogP contribution in [0.3, 0.4) is 0 Å². The fourth-order valence-corrected chi connectivity index (χ4v) is 0.871. The summed E-state index contributed by atoms with van der Waals surface area (Å²) in [5.74, 6) is -0.479. The molecule has 0 aliphatic rings. The first kappa shape index (κ1) is 10.0. The van der Waals surface area contributed by atoms with Crippen molar-refractivity contribution in [3.05, 3.63) is 60.5 Å². The fraction of sp³-hybridized carbons (Fsp3) is 0. The Morgan fingerprint density at radius 3 is 2.71 bits per heavy atom. The molecule has 0 bridgehead atoms. The van der Waals surface area contributed by atoms with Crippen molar-refractivity contribution in [3.63, 3.8) is 0 Å². The predicted octanol–water partition coefficient (Wildman–Crippen LogP) is 2.54. The smallest absolute Gasteiger partial charge is 0.343 e. The highest BCUT2D eigenvalue weighted by Crippen LogP contribution is 1.99. The number of hydrogen-bond acceptors (Lipinski definition) is 2. The van der Waals surface area contributed by atoms with Crippen molar-refractivity contribution in [2.75, 3.05) is 0 Å². The Labute approximate surface area is 82.8 Å². The molecule has 0 unspecified atom stereocenters. The van der Waals surface area contributed by atoms with E-state index in [4.69, 9.17) is 0 Å². The van der Waals surface area contributed by atoms with Crippen molar-refractivity contribution in [3.8, 4) is 0 Å². The summed E-state index contributed by atoms with van der Waals surface area (Å²) in [5, 5.41) is 0. The number of rotatable bonds is 3. The molecule has 0 heterocycles. The highest BCUT2D eigenvalue weighted by molar-refractivity contribution is 5.82. The SMILES string of the molecule is C=COC(=O)C=C=Cc1ccccc1. The first-order valence-electron chi connectivity index (χ1n) is 4.12. The molecule has 0 radical (unpaired) electrons. The lowest BCUT2D eigenvalue weighted by Crippen LogP contribution is -1.91. The summed E-state index contributed by atoms with van der Waals surface area (Å²) in [6.45, 7) is 3.27. The van der Waals surface area contributed by atoms with E-state index in [-0.39, 0.29) is 0 Å². The molecule has 0 aliphatic carbocycles. The molecule has 1 aromatic carbocycles. The van der Waals surface area contributed by atoms with Crippen LogP contribution in [0.5, 0.6) is 0 Å². The molecule has 0 saturated carbocycles. The number of carbonyl (C=O) groups is 1. The van der Waals surface area contributed by atoms with Crippen molar-refractivity contribution in [1.82, 2.24) is 0 Å². The summed E-state index contributed by atoms with van der Waals surface area (Å²) in [6.07, 6.45) is 4.00. The number of carbonyl (C=O) groups excluding carboxylic acids is 1. The summed E-state index contributed by atoms with van der Waals surface area (Å²) in [7, 11) is 0. The van der Waals surface area contributed by atoms with Gasteiger partial charge in [-0.25, -0.2) is 4.79 Å². The highest BCUT2D eigenvalue weighted by Gasteiger charge is 1.88. The van der Waals surface area contributed by atoms with Gasteiger partial charge in [0.15, 0.2) is 0 Å². The minimum absolute atomic E-state index is 0.479. The lowest BCUT2D eigenvalue weighted by atomic mass is 10.2. The van der Waals surface area contributed by atoms with Crippen molar-refractivity contribution >= 4 is 12.0 Å². The summed E-state index contributed by atoms with van der Waals surface area (Å²) >= 11 is 0. The Morgan fingerprint density at radius 1 is 1.36 bits per heavy atom. The van der Waals surface area contributed by atoms with Crippen LogP contribution in [0.25, 0.3) is 6.08 Å². The summed E-state index contributed by atoms with van der Waals surface area (Å²) < 4.78 is 4.47. The molecular weight excluding hydrogens is 176 g/mol. The van der Waals surface area contributed by atoms with Crippen LogP contribution >= 0.6 is 0 Å². The predicted molar refractivity (Wildman–Crippen MR) is 55.3 cm³/mol. The van der Waals surface area contributed by atoms with Gasteiger partial charge < -0.3 is 4.74 Å². The van der Waals surface area contributed by atoms with Crippen molar-refractivity contribution in [2.45, 2.75) is 0 Å². The van der Waals surface area contributed by atoms with E-state index in [1.165, 1.54) is 6.08 Å². The molecule has 1 rings (SSSR count). The summed E-state index contributed by atoms with van der Waals surface area (Å²) in [4.78, 5) is 10.8. The quantitative estimate of drug-likeness (QED) is 0.314. The second-order valence-corrected chi connectivity index (χ2v) is 2.47. The number of hydrogen-bond donors (Lipinski definition) is 0. The van der Waals surface area contributed by atoms with Crippen molar-refractivity contribution < 1.29 is 9.53 Å². The third kappa shape index (κ3) is 3.57. The van der Waals surface area contributed by atoms with Crippen LogP contribution in [0, 0.1) is 0 Å². The van der Waals surface area contributed by atoms with Crippen LogP contribution in [0.15, 0.2) is 55.0 Å². The van der Waals surface area contributed by atoms with Gasteiger partial charge in [0.05, 0.1) is 12.3 Å². The van der Waals surface area contributed by atoms with E-state index in [0.29, 0.717) is 0 Å². The largest absolute Gasteiger partial charge is 0.432 e. The molecule has 0 aliphatic heterocycles. The van der Waals surface area contributed by atoms with Gasteiger partial charge in [0.2, 0.25) is 0 Å². The third-order valence-electron chi connectivity index (χ3n) is 1.45. The molecule has 0 N–H and O–H groups in total. The Kier molecular flexibility index (Phi) is 3.99. The van der Waals surface area contributed by atoms with E-state index in [1.807, 2.05) is 30.3 Å². The maximum Gasteiger partial charge on any atom is 0.343 e. The molecule has 0 amide bonds. The maximum atomic E-state index is 10.8. The average Bonchev–Trinajstić information content (AvgIpc) is 2.20. The first-order valence-corrected chi connectivity index (χ1v) is 4.12. The maximum absolute atomic E-state index is 10.8. The van der Waals surface area contributed by atoms with Gasteiger partial charge in [0, 0.05) is 0 Å². The van der Waals surface area contributed by atoms with Gasteiger partial charge in [-0.05, 0) is 11.6 Å². The fourth-order valence-electron chi connectivity index (χ4n) is 0.871. The number of benzene rings is 1. The molecule has 0 fully saturated rings. The molecule has 0 atom stereocenters. The number of ether oxygens (including phenoxy) is 1. The van der Waals surface area contributed by atoms with Crippen LogP contribution in [0.1, 0.15) is 5.56 Å². The highest BCUT2D eigenvalue weighted by atomic mass is 16.5. The van der Waals surface area contributed by atoms with Gasteiger partial charge in [-0.1, -0.05) is 36.9 Å². The molecule has 1 aromatic rings. The van der Waals surface area contributed by atoms with E-state index in [0.717, 1.165) is 11.8 Å². The average molecular weight is 186 g/mol. The van der Waals surface area contributed by atoms with Crippen LogP contribution < -0.4 is 0 Å². The minimum Gasteiger partial charge on any atom is -0.432 e. The Hall–Kier alpha value is -2.05. The molecular formula is C12H10O2. The zero-order valence-electron chi connectivity index (χ0n) is 7.64. The van der Waals surface area contributed by atoms with E-state index >= 15 is 0 Å². The first-order chi connectivity index (χ1) is 6.83. The molecule has 14 heavy (non-hydrogen) atoms. The normalized spacial score (nSPS) is 8.29. The standard InChI is InChI=1S/C12H10O2/c1-2-14-12(13)10-6-9-11-7-4-3-5-8-11/h2-5,7-10H,1H2. The van der Waals surface area contributed by atoms with Crippen LogP contribution in [-0.2, 0) is 9.53 Å². The summed E-state index contributed by atoms with van der Waals surface area (Å²) in [6, 6.07) is 9.58. The Bertz CT molecular complexity index is 371. The molecule has 2 nitrogen and oxygen atoms in total. The van der Waals surface area contributed by atoms with Gasteiger partial charge in [0.1, 0.15) is 0 Å². The Balaban J connectivity index is 2.64. The van der Waals surface area contributed by atoms with E-state index in [1.54, 1.807) is 6.08 Å². The van der Waals surface area contributed by atoms with Crippen molar-refractivity contribution in [2.24, 2.45) is 0 Å². The lowest BCUT2D eigenvalue weighted by molar-refractivity contribution is -0.132. The van der Waals surface area contributed by atoms with Crippen LogP contribution in [0.2, 0.25) is 0 Å². The van der Waals surface area contributed by atoms with E-state index in [9.17, 15) is 4.79 Å². The topological polar surface area (TPSA) is 26.3 Å². The zero-order valence-corrected chi connectivity index (χ0v) is 7.64. The monoisotopic (exact) mass is 186 g/mol. The van der Waals surface area contributed by atoms with Gasteiger partial charge in [-0.2, -0.15) is 0 Å².